The monoisotopic (exact) mass is 645 g/mol. The number of hydrogen-bond acceptors (Lipinski definition) is 9. The SMILES string of the molecule is CC(=O)N(O)C(=N)c1ccc(Oc2cc(NC(=O)C3CCC(NC(=O)OC(C)(C)C)CC3)cc(Oc3ccc(C(N)=O)cc3)c2)cc1. The molecule has 1 aliphatic carbocycles. The van der Waals surface area contributed by atoms with Crippen LogP contribution in [0.5, 0.6) is 23.0 Å². The second-order valence-electron chi connectivity index (χ2n) is 12.2. The highest BCUT2D eigenvalue weighted by Gasteiger charge is 2.28. The van der Waals surface area contributed by atoms with Crippen LogP contribution in [0.3, 0.4) is 0 Å². The van der Waals surface area contributed by atoms with Gasteiger partial charge in [0, 0.05) is 53.9 Å². The molecule has 1 fully saturated rings. The van der Waals surface area contributed by atoms with Gasteiger partial charge in [0.1, 0.15) is 28.6 Å². The highest BCUT2D eigenvalue weighted by molar-refractivity contribution is 6.04. The number of primary amides is 1. The van der Waals surface area contributed by atoms with Gasteiger partial charge in [-0.2, -0.15) is 5.06 Å². The highest BCUT2D eigenvalue weighted by Crippen LogP contribution is 2.34. The summed E-state index contributed by atoms with van der Waals surface area (Å²) in [5.41, 5.74) is 5.77. The van der Waals surface area contributed by atoms with Crippen LogP contribution < -0.4 is 25.8 Å². The molecule has 4 rings (SSSR count). The van der Waals surface area contributed by atoms with Crippen LogP contribution in [-0.4, -0.2) is 51.6 Å². The van der Waals surface area contributed by atoms with Gasteiger partial charge in [-0.05, 0) is 95.0 Å². The minimum atomic E-state index is -0.698. The molecule has 0 spiro atoms. The molecule has 0 saturated heterocycles. The number of carbonyl (C=O) groups excluding carboxylic acids is 4. The number of benzene rings is 3. The zero-order chi connectivity index (χ0) is 34.3. The number of rotatable bonds is 9. The summed E-state index contributed by atoms with van der Waals surface area (Å²) >= 11 is 0. The second kappa shape index (κ2) is 14.8. The minimum Gasteiger partial charge on any atom is -0.457 e. The molecule has 0 radical (unpaired) electrons. The van der Waals surface area contributed by atoms with E-state index in [0.29, 0.717) is 59.9 Å². The number of hydroxylamine groups is 2. The Kier molecular flexibility index (Phi) is 10.8. The van der Waals surface area contributed by atoms with Crippen molar-refractivity contribution in [2.45, 2.75) is 65.0 Å². The van der Waals surface area contributed by atoms with E-state index in [4.69, 9.17) is 25.4 Å². The standard InChI is InChI=1S/C34H39N5O8/c1-20(40)39(44)30(35)21-7-13-26(14-8-21)45-28-17-25(18-29(19-28)46-27-15-9-22(10-16-27)31(36)41)37-32(42)23-5-11-24(12-6-23)38-33(43)47-34(2,3)4/h7-10,13-19,23-24,35,44H,5-6,11-12H2,1-4H3,(H2,36,41)(H,37,42)(H,38,43). The Hall–Kier alpha value is -5.43. The molecule has 4 amide bonds. The molecule has 0 bridgehead atoms. The summed E-state index contributed by atoms with van der Waals surface area (Å²) in [6.07, 6.45) is 1.94. The molecule has 1 saturated carbocycles. The fourth-order valence-electron chi connectivity index (χ4n) is 4.90. The number of amides is 4. The first-order valence-corrected chi connectivity index (χ1v) is 15.1. The molecular weight excluding hydrogens is 606 g/mol. The van der Waals surface area contributed by atoms with E-state index in [1.165, 1.54) is 24.3 Å². The lowest BCUT2D eigenvalue weighted by Crippen LogP contribution is -2.42. The van der Waals surface area contributed by atoms with Gasteiger partial charge in [0.15, 0.2) is 5.84 Å². The summed E-state index contributed by atoms with van der Waals surface area (Å²) in [6.45, 7) is 6.54. The van der Waals surface area contributed by atoms with Gasteiger partial charge in [0.2, 0.25) is 17.7 Å². The number of anilines is 1. The number of hydrogen-bond donors (Lipinski definition) is 5. The molecule has 3 aromatic rings. The van der Waals surface area contributed by atoms with Crippen molar-refractivity contribution < 1.29 is 38.6 Å². The molecule has 248 valence electrons. The van der Waals surface area contributed by atoms with Crippen molar-refractivity contribution in [1.29, 1.82) is 5.41 Å². The zero-order valence-electron chi connectivity index (χ0n) is 26.7. The van der Waals surface area contributed by atoms with Crippen molar-refractivity contribution in [2.24, 2.45) is 11.7 Å². The Balaban J connectivity index is 1.48. The van der Waals surface area contributed by atoms with Crippen molar-refractivity contribution >= 4 is 35.3 Å². The minimum absolute atomic E-state index is 0.0791. The average Bonchev–Trinajstić information content (AvgIpc) is 3.00. The summed E-state index contributed by atoms with van der Waals surface area (Å²) in [6, 6.07) is 17.2. The maximum absolute atomic E-state index is 13.3. The first-order chi connectivity index (χ1) is 22.2. The van der Waals surface area contributed by atoms with Crippen LogP contribution in [0.4, 0.5) is 10.5 Å². The maximum Gasteiger partial charge on any atom is 0.407 e. The molecule has 0 aliphatic heterocycles. The summed E-state index contributed by atoms with van der Waals surface area (Å²) in [5.74, 6) is -0.647. The van der Waals surface area contributed by atoms with Crippen LogP contribution in [0.1, 0.15) is 69.3 Å². The molecule has 0 atom stereocenters. The van der Waals surface area contributed by atoms with Crippen molar-refractivity contribution in [3.05, 3.63) is 77.9 Å². The van der Waals surface area contributed by atoms with E-state index in [1.54, 1.807) is 63.2 Å². The first-order valence-electron chi connectivity index (χ1n) is 15.1. The number of carbonyl (C=O) groups is 4. The molecule has 47 heavy (non-hydrogen) atoms. The van der Waals surface area contributed by atoms with E-state index in [9.17, 15) is 24.4 Å². The van der Waals surface area contributed by atoms with E-state index in [-0.39, 0.29) is 34.3 Å². The Morgan fingerprint density at radius 2 is 1.34 bits per heavy atom. The van der Waals surface area contributed by atoms with Gasteiger partial charge < -0.3 is 30.6 Å². The van der Waals surface area contributed by atoms with Gasteiger partial charge in [-0.25, -0.2) is 4.79 Å². The third-order valence-corrected chi connectivity index (χ3v) is 7.21. The number of nitrogens with zero attached hydrogens (tertiary/aromatic N) is 1. The summed E-state index contributed by atoms with van der Waals surface area (Å²) in [4.78, 5) is 48.3. The van der Waals surface area contributed by atoms with E-state index in [0.717, 1.165) is 6.92 Å². The highest BCUT2D eigenvalue weighted by atomic mass is 16.6. The van der Waals surface area contributed by atoms with Gasteiger partial charge in [-0.1, -0.05) is 0 Å². The van der Waals surface area contributed by atoms with Crippen LogP contribution >= 0.6 is 0 Å². The van der Waals surface area contributed by atoms with Gasteiger partial charge in [-0.15, -0.1) is 0 Å². The van der Waals surface area contributed by atoms with E-state index in [1.807, 2.05) is 0 Å². The molecule has 0 heterocycles. The molecular formula is C34H39N5O8. The molecule has 0 aromatic heterocycles. The summed E-state index contributed by atoms with van der Waals surface area (Å²) in [7, 11) is 0. The van der Waals surface area contributed by atoms with Crippen LogP contribution in [0.15, 0.2) is 66.7 Å². The van der Waals surface area contributed by atoms with Gasteiger partial charge in [0.25, 0.3) is 0 Å². The first kappa shape index (κ1) is 34.4. The molecule has 13 heteroatoms. The molecule has 13 nitrogen and oxygen atoms in total. The lowest BCUT2D eigenvalue weighted by Gasteiger charge is -2.29. The summed E-state index contributed by atoms with van der Waals surface area (Å²) in [5, 5.41) is 23.8. The Morgan fingerprint density at radius 1 is 0.830 bits per heavy atom. The quantitative estimate of drug-likeness (QED) is 0.0814. The smallest absolute Gasteiger partial charge is 0.407 e. The van der Waals surface area contributed by atoms with E-state index < -0.39 is 23.5 Å². The fraction of sp³-hybridized carbons (Fsp3) is 0.324. The van der Waals surface area contributed by atoms with Crippen LogP contribution in [-0.2, 0) is 14.3 Å². The van der Waals surface area contributed by atoms with Gasteiger partial charge in [-0.3, -0.25) is 25.0 Å². The van der Waals surface area contributed by atoms with E-state index in [2.05, 4.69) is 10.6 Å². The maximum atomic E-state index is 13.3. The third kappa shape index (κ3) is 10.0. The van der Waals surface area contributed by atoms with Gasteiger partial charge in [0.05, 0.1) is 0 Å². The Bertz CT molecular complexity index is 1630. The largest absolute Gasteiger partial charge is 0.457 e. The van der Waals surface area contributed by atoms with Crippen molar-refractivity contribution in [2.75, 3.05) is 5.32 Å². The number of ether oxygens (including phenoxy) is 3. The lowest BCUT2D eigenvalue weighted by atomic mass is 9.85. The predicted molar refractivity (Wildman–Crippen MR) is 173 cm³/mol. The lowest BCUT2D eigenvalue weighted by molar-refractivity contribution is -0.146. The zero-order valence-corrected chi connectivity index (χ0v) is 26.7. The number of nitrogens with one attached hydrogen (secondary N) is 3. The molecule has 3 aromatic carbocycles. The fourth-order valence-corrected chi connectivity index (χ4v) is 4.90. The van der Waals surface area contributed by atoms with Crippen LogP contribution in [0.25, 0.3) is 0 Å². The summed E-state index contributed by atoms with van der Waals surface area (Å²) < 4.78 is 17.4. The topological polar surface area (TPSA) is 193 Å². The second-order valence-corrected chi connectivity index (χ2v) is 12.2. The number of amidine groups is 1. The predicted octanol–water partition coefficient (Wildman–Crippen LogP) is 5.96. The van der Waals surface area contributed by atoms with E-state index >= 15 is 0 Å². The number of nitrogens with two attached hydrogens (primary N) is 1. The third-order valence-electron chi connectivity index (χ3n) is 7.21. The van der Waals surface area contributed by atoms with Gasteiger partial charge >= 0.3 is 6.09 Å². The molecule has 1 aliphatic rings. The van der Waals surface area contributed by atoms with Crippen molar-refractivity contribution in [1.82, 2.24) is 10.4 Å². The number of alkyl carbamates (subject to hydrolysis) is 1. The molecule has 6 N–H and O–H groups in total. The normalized spacial score (nSPS) is 15.9. The Labute approximate surface area is 272 Å². The van der Waals surface area contributed by atoms with Crippen LogP contribution in [0, 0.1) is 11.3 Å². The van der Waals surface area contributed by atoms with Crippen molar-refractivity contribution in [3.63, 3.8) is 0 Å². The Morgan fingerprint density at radius 3 is 1.81 bits per heavy atom. The molecule has 0 unspecified atom stereocenters. The van der Waals surface area contributed by atoms with Crippen molar-refractivity contribution in [3.8, 4) is 23.0 Å². The van der Waals surface area contributed by atoms with Crippen LogP contribution in [0.2, 0.25) is 0 Å². The average molecular weight is 646 g/mol.